The Labute approximate surface area is 537 Å². The van der Waals surface area contributed by atoms with E-state index in [1.165, 1.54) is 96.6 Å². The second kappa shape index (κ2) is 37.0. The second-order valence-corrected chi connectivity index (χ2v) is 26.9. The first-order valence-corrected chi connectivity index (χ1v) is 32.1. The molecule has 1 aliphatic heterocycles. The number of amides is 11. The minimum absolute atomic E-state index is 0.0432. The molecule has 0 aliphatic carbocycles. The van der Waals surface area contributed by atoms with Gasteiger partial charge in [0.05, 0.1) is 0 Å². The van der Waals surface area contributed by atoms with Gasteiger partial charge in [-0.15, -0.1) is 0 Å². The monoisotopic (exact) mass is 1270 g/mol. The number of likely N-dealkylation sites (N-methyl/N-ethyl adjacent to an activating group) is 7. The number of carbonyl (C=O) groups excluding carboxylic acids is 12. The van der Waals surface area contributed by atoms with Gasteiger partial charge >= 0.3 is 5.97 Å². The minimum Gasteiger partial charge on any atom is -0.459 e. The van der Waals surface area contributed by atoms with Crippen LogP contribution >= 0.6 is 0 Å². The van der Waals surface area contributed by atoms with E-state index >= 15 is 19.2 Å². The first-order valence-electron chi connectivity index (χ1n) is 32.1. The van der Waals surface area contributed by atoms with Crippen LogP contribution in [0, 0.1) is 41.4 Å². The Kier molecular flexibility index (Phi) is 33.4. The number of rotatable bonds is 17. The summed E-state index contributed by atoms with van der Waals surface area (Å²) in [4.78, 5) is 184. The molecule has 1 rings (SSSR count). The van der Waals surface area contributed by atoms with E-state index in [0.29, 0.717) is 6.42 Å². The molecule has 90 heavy (non-hydrogen) atoms. The molecule has 0 aromatic carbocycles. The Bertz CT molecular complexity index is 2510. The van der Waals surface area contributed by atoms with Gasteiger partial charge in [0, 0.05) is 68.8 Å². The predicted molar refractivity (Wildman–Crippen MR) is 344 cm³/mol. The standard InChI is InChI=1S/C65H115N11O14/c1-26-28-29-40(13)54(90-45(18)78)53-58(82)68-46(27-2)61(85)70(19)44(17)60(84)75(24)52(41(14)34-77)57(81)69-50(38(9)10)64(88)71(20)47(31-30-35(3)4)56(80)66-42(15)55(79)67-43(16)59(83)72(21)48(32-36(5)6)62(86)73(22)49(33-37(7)8)63(87)74(23)51(39(11)12)65(89)76(53)25/h26,28,35-44,46-54,77H,27,29-34H2,1-25H3,(H,66,80)(H,67,79)(H,68,82)(H,69,81)/b28-26+/t40-,41-,42+,43-,44-,46+,47+,48+,49+,50+,51+,52+,53+,54-/m1/s1. The molecule has 1 aliphatic rings. The molecular weight excluding hydrogens is 1160 g/mol. The number of hydrogen-bond acceptors (Lipinski definition) is 14. The Balaban J connectivity index is 4.50. The van der Waals surface area contributed by atoms with Gasteiger partial charge in [0.25, 0.3) is 0 Å². The van der Waals surface area contributed by atoms with Crippen LogP contribution in [0.25, 0.3) is 0 Å². The van der Waals surface area contributed by atoms with Gasteiger partial charge in [0.1, 0.15) is 72.6 Å². The van der Waals surface area contributed by atoms with Crippen molar-refractivity contribution in [1.29, 1.82) is 0 Å². The lowest BCUT2D eigenvalue weighted by Crippen LogP contribution is -2.64. The summed E-state index contributed by atoms with van der Waals surface area (Å²) in [6.45, 7) is 29.6. The van der Waals surface area contributed by atoms with Crippen molar-refractivity contribution >= 4 is 70.9 Å². The Hall–Kier alpha value is -6.66. The number of ether oxygens (including phenoxy) is 1. The molecule has 0 unspecified atom stereocenters. The van der Waals surface area contributed by atoms with Crippen molar-refractivity contribution in [2.45, 2.75) is 236 Å². The van der Waals surface area contributed by atoms with Crippen molar-refractivity contribution < 1.29 is 67.4 Å². The molecule has 514 valence electrons. The van der Waals surface area contributed by atoms with E-state index in [0.717, 1.165) is 21.6 Å². The lowest BCUT2D eigenvalue weighted by Gasteiger charge is -2.42. The average molecular weight is 1270 g/mol. The normalized spacial score (nSPS) is 27.1. The van der Waals surface area contributed by atoms with E-state index in [2.05, 4.69) is 21.3 Å². The van der Waals surface area contributed by atoms with Crippen molar-refractivity contribution in [1.82, 2.24) is 55.6 Å². The van der Waals surface area contributed by atoms with Gasteiger partial charge in [0.2, 0.25) is 65.0 Å². The van der Waals surface area contributed by atoms with Crippen LogP contribution in [0.2, 0.25) is 0 Å². The number of esters is 1. The van der Waals surface area contributed by atoms with Crippen molar-refractivity contribution in [2.24, 2.45) is 41.4 Å². The largest absolute Gasteiger partial charge is 0.459 e. The number of nitrogens with zero attached hydrogens (tertiary/aromatic N) is 7. The minimum atomic E-state index is -1.64. The highest BCUT2D eigenvalue weighted by molar-refractivity contribution is 6.00. The number of carbonyl (C=O) groups is 12. The van der Waals surface area contributed by atoms with Crippen LogP contribution in [0.3, 0.4) is 0 Å². The molecule has 1 fully saturated rings. The van der Waals surface area contributed by atoms with Gasteiger partial charge in [-0.1, -0.05) is 102 Å². The molecule has 0 radical (unpaired) electrons. The summed E-state index contributed by atoms with van der Waals surface area (Å²) in [6.07, 6.45) is 3.33. The molecule has 0 bridgehead atoms. The van der Waals surface area contributed by atoms with Gasteiger partial charge in [-0.2, -0.15) is 0 Å². The van der Waals surface area contributed by atoms with Crippen LogP contribution in [0.5, 0.6) is 0 Å². The third-order valence-corrected chi connectivity index (χ3v) is 17.2. The van der Waals surface area contributed by atoms with Crippen LogP contribution in [-0.2, 0) is 62.3 Å². The molecule has 0 aromatic heterocycles. The van der Waals surface area contributed by atoms with E-state index in [4.69, 9.17) is 4.74 Å². The maximum absolute atomic E-state index is 15.4. The first kappa shape index (κ1) is 81.4. The highest BCUT2D eigenvalue weighted by Crippen LogP contribution is 2.27. The van der Waals surface area contributed by atoms with E-state index < -0.39 is 174 Å². The zero-order valence-electron chi connectivity index (χ0n) is 59.0. The molecule has 25 heteroatoms. The number of aliphatic hydroxyl groups is 1. The second-order valence-electron chi connectivity index (χ2n) is 26.9. The summed E-state index contributed by atoms with van der Waals surface area (Å²) >= 11 is 0. The third kappa shape index (κ3) is 22.0. The highest BCUT2D eigenvalue weighted by atomic mass is 16.5. The predicted octanol–water partition coefficient (Wildman–Crippen LogP) is 3.20. The lowest BCUT2D eigenvalue weighted by atomic mass is 9.91. The van der Waals surface area contributed by atoms with Crippen LogP contribution in [-0.4, -0.2) is 239 Å². The molecule has 0 saturated carbocycles. The van der Waals surface area contributed by atoms with Crippen LogP contribution in [0.15, 0.2) is 12.2 Å². The SMILES string of the molecule is C/C=C/C[C@@H](C)[C@@H](OC(C)=O)[C@H]1C(=O)N[C@@H](CC)C(=O)N(C)[C@H](C)C(=O)N(C)[C@@H]([C@H](C)CO)C(=O)N[C@@H](C(C)C)C(=O)N(C)[C@@H](CCC(C)C)C(=O)N[C@@H](C)C(=O)N[C@H](C)C(=O)N(C)[C@@H](CC(C)C)C(=O)N(C)[C@@H](CC(C)C)C(=O)N(C)[C@@H](C(C)C)C(=O)N1C. The topological polar surface area (TPSA) is 305 Å². The summed E-state index contributed by atoms with van der Waals surface area (Å²) < 4.78 is 5.93. The third-order valence-electron chi connectivity index (χ3n) is 17.2. The van der Waals surface area contributed by atoms with Gasteiger partial charge in [-0.25, -0.2) is 0 Å². The molecule has 25 nitrogen and oxygen atoms in total. The quantitative estimate of drug-likeness (QED) is 0.103. The van der Waals surface area contributed by atoms with E-state index in [1.807, 2.05) is 41.5 Å². The maximum Gasteiger partial charge on any atom is 0.303 e. The molecule has 1 heterocycles. The Morgan fingerprint density at radius 3 is 1.43 bits per heavy atom. The fourth-order valence-corrected chi connectivity index (χ4v) is 11.4. The van der Waals surface area contributed by atoms with Crippen LogP contribution in [0.1, 0.15) is 163 Å². The summed E-state index contributed by atoms with van der Waals surface area (Å²) in [6, 6.07) is -14.4. The van der Waals surface area contributed by atoms with E-state index in [1.54, 1.807) is 60.6 Å². The first-order chi connectivity index (χ1) is 41.6. The van der Waals surface area contributed by atoms with Crippen LogP contribution < -0.4 is 21.3 Å². The number of hydrogen-bond donors (Lipinski definition) is 5. The van der Waals surface area contributed by atoms with Gasteiger partial charge in [-0.05, 0) is 102 Å². The summed E-state index contributed by atoms with van der Waals surface area (Å²) in [5.74, 6) is -11.9. The van der Waals surface area contributed by atoms with E-state index in [9.17, 15) is 43.5 Å². The fraction of sp³-hybridized carbons (Fsp3) is 0.785. The Morgan fingerprint density at radius 2 is 0.978 bits per heavy atom. The van der Waals surface area contributed by atoms with Crippen molar-refractivity contribution in [3.05, 3.63) is 12.2 Å². The highest BCUT2D eigenvalue weighted by Gasteiger charge is 2.47. The molecule has 0 spiro atoms. The van der Waals surface area contributed by atoms with Gasteiger partial charge < -0.3 is 65.4 Å². The molecular formula is C65H115N11O14. The van der Waals surface area contributed by atoms with Crippen molar-refractivity contribution in [2.75, 3.05) is 55.9 Å². The maximum atomic E-state index is 15.4. The zero-order valence-corrected chi connectivity index (χ0v) is 59.0. The average Bonchev–Trinajstić information content (AvgIpc) is 0.941. The summed E-state index contributed by atoms with van der Waals surface area (Å²) in [5.41, 5.74) is 0. The molecule has 11 amide bonds. The molecule has 5 N–H and O–H groups in total. The van der Waals surface area contributed by atoms with Gasteiger partial charge in [0.15, 0.2) is 0 Å². The molecule has 1 saturated heterocycles. The number of allylic oxidation sites excluding steroid dienone is 2. The Morgan fingerprint density at radius 1 is 0.511 bits per heavy atom. The summed E-state index contributed by atoms with van der Waals surface area (Å²) in [7, 11) is 9.70. The van der Waals surface area contributed by atoms with Crippen LogP contribution in [0.4, 0.5) is 0 Å². The van der Waals surface area contributed by atoms with E-state index in [-0.39, 0.29) is 49.9 Å². The lowest BCUT2D eigenvalue weighted by molar-refractivity contribution is -0.164. The van der Waals surface area contributed by atoms with Crippen molar-refractivity contribution in [3.63, 3.8) is 0 Å². The fourth-order valence-electron chi connectivity index (χ4n) is 11.4. The van der Waals surface area contributed by atoms with Crippen molar-refractivity contribution in [3.8, 4) is 0 Å². The van der Waals surface area contributed by atoms with Gasteiger partial charge in [-0.3, -0.25) is 57.5 Å². The zero-order chi connectivity index (χ0) is 69.8. The molecule has 14 atom stereocenters. The number of nitrogens with one attached hydrogen (secondary N) is 4. The molecule has 0 aromatic rings. The number of aliphatic hydroxyl groups excluding tert-OH is 1. The summed E-state index contributed by atoms with van der Waals surface area (Å²) in [5, 5.41) is 21.5. The smallest absolute Gasteiger partial charge is 0.303 e.